The van der Waals surface area contributed by atoms with E-state index in [1.54, 1.807) is 24.3 Å². The minimum absolute atomic E-state index is 0.213. The minimum Gasteiger partial charge on any atom is -0.382 e. The summed E-state index contributed by atoms with van der Waals surface area (Å²) in [7, 11) is 0. The van der Waals surface area contributed by atoms with E-state index in [4.69, 9.17) is 0 Å². The minimum atomic E-state index is -1.19. The third-order valence-corrected chi connectivity index (χ3v) is 3.41. The Bertz CT molecular complexity index is 414. The van der Waals surface area contributed by atoms with Gasteiger partial charge in [-0.1, -0.05) is 43.5 Å². The van der Waals surface area contributed by atoms with E-state index in [1.165, 1.54) is 0 Å². The SMILES string of the molecule is O=Cc1ccc(C(=O)C2(O)CCCCC2)cc1. The van der Waals surface area contributed by atoms with Crippen molar-refractivity contribution in [2.75, 3.05) is 0 Å². The molecule has 1 saturated carbocycles. The van der Waals surface area contributed by atoms with Gasteiger partial charge >= 0.3 is 0 Å². The van der Waals surface area contributed by atoms with Gasteiger partial charge in [-0.05, 0) is 12.8 Å². The van der Waals surface area contributed by atoms with Crippen molar-refractivity contribution in [3.8, 4) is 0 Å². The summed E-state index contributed by atoms with van der Waals surface area (Å²) in [6.07, 6.45) is 4.70. The van der Waals surface area contributed by atoms with E-state index in [-0.39, 0.29) is 5.78 Å². The summed E-state index contributed by atoms with van der Waals surface area (Å²) in [6.45, 7) is 0. The van der Waals surface area contributed by atoms with Crippen LogP contribution >= 0.6 is 0 Å². The van der Waals surface area contributed by atoms with E-state index in [9.17, 15) is 14.7 Å². The first-order chi connectivity index (χ1) is 8.15. The fourth-order valence-electron chi connectivity index (χ4n) is 2.35. The number of aldehydes is 1. The highest BCUT2D eigenvalue weighted by Crippen LogP contribution is 2.31. The van der Waals surface area contributed by atoms with Gasteiger partial charge < -0.3 is 5.11 Å². The molecular formula is C14H16O3. The molecule has 0 atom stereocenters. The van der Waals surface area contributed by atoms with E-state index in [0.29, 0.717) is 24.0 Å². The van der Waals surface area contributed by atoms with Crippen LogP contribution < -0.4 is 0 Å². The summed E-state index contributed by atoms with van der Waals surface area (Å²) in [5.74, 6) is -0.213. The number of hydrogen-bond acceptors (Lipinski definition) is 3. The van der Waals surface area contributed by atoms with Gasteiger partial charge in [-0.2, -0.15) is 0 Å². The third-order valence-electron chi connectivity index (χ3n) is 3.41. The molecule has 3 nitrogen and oxygen atoms in total. The van der Waals surface area contributed by atoms with Crippen LogP contribution in [0, 0.1) is 0 Å². The zero-order valence-corrected chi connectivity index (χ0v) is 9.69. The van der Waals surface area contributed by atoms with E-state index >= 15 is 0 Å². The highest BCUT2D eigenvalue weighted by atomic mass is 16.3. The Hall–Kier alpha value is -1.48. The molecule has 0 amide bonds. The van der Waals surface area contributed by atoms with E-state index < -0.39 is 5.60 Å². The Kier molecular flexibility index (Phi) is 3.38. The molecule has 0 bridgehead atoms. The van der Waals surface area contributed by atoms with E-state index in [2.05, 4.69) is 0 Å². The monoisotopic (exact) mass is 232 g/mol. The quantitative estimate of drug-likeness (QED) is 0.643. The molecule has 1 aromatic carbocycles. The molecule has 0 unspecified atom stereocenters. The average molecular weight is 232 g/mol. The molecule has 1 aliphatic carbocycles. The molecule has 1 fully saturated rings. The van der Waals surface area contributed by atoms with Crippen LogP contribution in [0.15, 0.2) is 24.3 Å². The van der Waals surface area contributed by atoms with Gasteiger partial charge in [0.05, 0.1) is 0 Å². The summed E-state index contributed by atoms with van der Waals surface area (Å²) in [5.41, 5.74) is -0.168. The smallest absolute Gasteiger partial charge is 0.194 e. The van der Waals surface area contributed by atoms with Gasteiger partial charge in [0, 0.05) is 11.1 Å². The maximum absolute atomic E-state index is 12.2. The second-order valence-corrected chi connectivity index (χ2v) is 4.66. The fraction of sp³-hybridized carbons (Fsp3) is 0.429. The van der Waals surface area contributed by atoms with Crippen LogP contribution in [0.5, 0.6) is 0 Å². The summed E-state index contributed by atoms with van der Waals surface area (Å²) in [5, 5.41) is 10.3. The topological polar surface area (TPSA) is 54.4 Å². The molecule has 90 valence electrons. The number of Topliss-reactive ketones (excluding diaryl/α,β-unsaturated/α-hetero) is 1. The number of carbonyl (C=O) groups excluding carboxylic acids is 2. The molecule has 0 radical (unpaired) electrons. The third kappa shape index (κ3) is 2.44. The Morgan fingerprint density at radius 2 is 1.71 bits per heavy atom. The van der Waals surface area contributed by atoms with Crippen LogP contribution in [0.1, 0.15) is 52.8 Å². The first kappa shape index (κ1) is 12.0. The average Bonchev–Trinajstić information content (AvgIpc) is 2.39. The molecule has 0 spiro atoms. The number of hydrogen-bond donors (Lipinski definition) is 1. The molecule has 17 heavy (non-hydrogen) atoms. The molecule has 0 saturated heterocycles. The molecule has 0 aromatic heterocycles. The summed E-state index contributed by atoms with van der Waals surface area (Å²) < 4.78 is 0. The van der Waals surface area contributed by atoms with Gasteiger partial charge in [-0.3, -0.25) is 9.59 Å². The van der Waals surface area contributed by atoms with Crippen molar-refractivity contribution >= 4 is 12.1 Å². The molecular weight excluding hydrogens is 216 g/mol. The molecule has 3 heteroatoms. The predicted octanol–water partition coefficient (Wildman–Crippen LogP) is 2.38. The second kappa shape index (κ2) is 4.80. The van der Waals surface area contributed by atoms with Crippen LogP contribution in [0.2, 0.25) is 0 Å². The highest BCUT2D eigenvalue weighted by molar-refractivity contribution is 6.02. The molecule has 1 aromatic rings. The van der Waals surface area contributed by atoms with Crippen LogP contribution in [0.3, 0.4) is 0 Å². The maximum Gasteiger partial charge on any atom is 0.194 e. The largest absolute Gasteiger partial charge is 0.382 e. The Labute approximate surface area is 100 Å². The summed E-state index contributed by atoms with van der Waals surface area (Å²) in [6, 6.07) is 6.43. The highest BCUT2D eigenvalue weighted by Gasteiger charge is 2.37. The van der Waals surface area contributed by atoms with Gasteiger partial charge in [-0.25, -0.2) is 0 Å². The first-order valence-electron chi connectivity index (χ1n) is 5.98. The Morgan fingerprint density at radius 1 is 1.12 bits per heavy atom. The number of aliphatic hydroxyl groups is 1. The van der Waals surface area contributed by atoms with Crippen LogP contribution in [-0.2, 0) is 0 Å². The van der Waals surface area contributed by atoms with Crippen molar-refractivity contribution in [2.24, 2.45) is 0 Å². The lowest BCUT2D eigenvalue weighted by Crippen LogP contribution is -2.40. The van der Waals surface area contributed by atoms with Gasteiger partial charge in [0.25, 0.3) is 0 Å². The predicted molar refractivity (Wildman–Crippen MR) is 64.2 cm³/mol. The number of rotatable bonds is 3. The summed E-state index contributed by atoms with van der Waals surface area (Å²) in [4.78, 5) is 22.7. The second-order valence-electron chi connectivity index (χ2n) is 4.66. The van der Waals surface area contributed by atoms with Crippen LogP contribution in [0.25, 0.3) is 0 Å². The van der Waals surface area contributed by atoms with E-state index in [0.717, 1.165) is 25.5 Å². The van der Waals surface area contributed by atoms with Gasteiger partial charge in [0.1, 0.15) is 11.9 Å². The molecule has 1 N–H and O–H groups in total. The standard InChI is InChI=1S/C14H16O3/c15-10-11-4-6-12(7-5-11)13(16)14(17)8-2-1-3-9-14/h4-7,10,17H,1-3,8-9H2. The zero-order chi connectivity index (χ0) is 12.3. The van der Waals surface area contributed by atoms with Crippen molar-refractivity contribution in [1.82, 2.24) is 0 Å². The Balaban J connectivity index is 2.20. The van der Waals surface area contributed by atoms with Crippen molar-refractivity contribution < 1.29 is 14.7 Å². The van der Waals surface area contributed by atoms with E-state index in [1.807, 2.05) is 0 Å². The lowest BCUT2D eigenvalue weighted by molar-refractivity contribution is 0.0116. The lowest BCUT2D eigenvalue weighted by atomic mass is 9.79. The number of ketones is 1. The molecule has 0 aliphatic heterocycles. The zero-order valence-electron chi connectivity index (χ0n) is 9.69. The van der Waals surface area contributed by atoms with Crippen molar-refractivity contribution in [2.45, 2.75) is 37.7 Å². The number of benzene rings is 1. The molecule has 2 rings (SSSR count). The van der Waals surface area contributed by atoms with Crippen molar-refractivity contribution in [3.05, 3.63) is 35.4 Å². The van der Waals surface area contributed by atoms with Gasteiger partial charge in [0.2, 0.25) is 0 Å². The number of carbonyl (C=O) groups is 2. The van der Waals surface area contributed by atoms with Crippen molar-refractivity contribution in [1.29, 1.82) is 0 Å². The van der Waals surface area contributed by atoms with Crippen molar-refractivity contribution in [3.63, 3.8) is 0 Å². The maximum atomic E-state index is 12.2. The fourth-order valence-corrected chi connectivity index (χ4v) is 2.35. The van der Waals surface area contributed by atoms with Crippen LogP contribution in [-0.4, -0.2) is 22.8 Å². The first-order valence-corrected chi connectivity index (χ1v) is 5.98. The lowest BCUT2D eigenvalue weighted by Gasteiger charge is -2.30. The molecule has 1 aliphatic rings. The molecule has 0 heterocycles. The summed E-state index contributed by atoms with van der Waals surface area (Å²) >= 11 is 0. The Morgan fingerprint density at radius 3 is 2.24 bits per heavy atom. The van der Waals surface area contributed by atoms with Gasteiger partial charge in [-0.15, -0.1) is 0 Å². The van der Waals surface area contributed by atoms with Crippen LogP contribution in [0.4, 0.5) is 0 Å². The normalized spacial score (nSPS) is 18.6. The van der Waals surface area contributed by atoms with Gasteiger partial charge in [0.15, 0.2) is 5.78 Å².